The Balaban J connectivity index is 2.79. The molecule has 1 fully saturated rings. The van der Waals surface area contributed by atoms with Crippen LogP contribution in [0.3, 0.4) is 0 Å². The second-order valence-corrected chi connectivity index (χ2v) is 4.82. The van der Waals surface area contributed by atoms with E-state index in [0.29, 0.717) is 0 Å². The van der Waals surface area contributed by atoms with Gasteiger partial charge < -0.3 is 19.3 Å². The molecule has 0 aromatic carbocycles. The van der Waals surface area contributed by atoms with Crippen LogP contribution in [0, 0.1) is 5.92 Å². The van der Waals surface area contributed by atoms with Gasteiger partial charge in [0, 0.05) is 6.42 Å². The van der Waals surface area contributed by atoms with Crippen LogP contribution >= 0.6 is 0 Å². The zero-order valence-corrected chi connectivity index (χ0v) is 11.1. The van der Waals surface area contributed by atoms with E-state index in [1.54, 1.807) is 0 Å². The standard InChI is InChI=1S/C12H20O6/c1-7(2)18-10-5-8(9(13)6-17-10)12(3,15)11(14)16-4/h7-8,10,15H,5-6H2,1-4H3. The molecule has 18 heavy (non-hydrogen) atoms. The highest BCUT2D eigenvalue weighted by atomic mass is 16.7. The third-order valence-electron chi connectivity index (χ3n) is 2.93. The molecule has 6 nitrogen and oxygen atoms in total. The fraction of sp³-hybridized carbons (Fsp3) is 0.833. The van der Waals surface area contributed by atoms with Crippen molar-refractivity contribution in [1.29, 1.82) is 0 Å². The molecule has 6 heteroatoms. The zero-order chi connectivity index (χ0) is 13.9. The Morgan fingerprint density at radius 2 is 2.17 bits per heavy atom. The van der Waals surface area contributed by atoms with E-state index in [-0.39, 0.29) is 24.9 Å². The second kappa shape index (κ2) is 5.77. The van der Waals surface area contributed by atoms with Crippen molar-refractivity contribution in [3.8, 4) is 0 Å². The van der Waals surface area contributed by atoms with Gasteiger partial charge in [-0.05, 0) is 20.8 Å². The molecule has 0 aliphatic carbocycles. The lowest BCUT2D eigenvalue weighted by molar-refractivity contribution is -0.211. The number of ether oxygens (including phenoxy) is 3. The molecule has 0 aromatic rings. The Morgan fingerprint density at radius 3 is 2.67 bits per heavy atom. The average Bonchev–Trinajstić information content (AvgIpc) is 2.29. The average molecular weight is 260 g/mol. The number of hydrogen-bond acceptors (Lipinski definition) is 6. The summed E-state index contributed by atoms with van der Waals surface area (Å²) >= 11 is 0. The summed E-state index contributed by atoms with van der Waals surface area (Å²) in [6, 6.07) is 0. The van der Waals surface area contributed by atoms with Gasteiger partial charge in [0.15, 0.2) is 17.7 Å². The van der Waals surface area contributed by atoms with Gasteiger partial charge in [0.2, 0.25) is 0 Å². The molecule has 1 saturated heterocycles. The molecule has 1 N–H and O–H groups in total. The maximum Gasteiger partial charge on any atom is 0.338 e. The number of Topliss-reactive ketones (excluding diaryl/α,β-unsaturated/α-hetero) is 1. The molecule has 1 aliphatic rings. The first-order chi connectivity index (χ1) is 8.28. The molecular weight excluding hydrogens is 240 g/mol. The van der Waals surface area contributed by atoms with E-state index >= 15 is 0 Å². The Hall–Kier alpha value is -0.980. The van der Waals surface area contributed by atoms with Crippen molar-refractivity contribution >= 4 is 11.8 Å². The molecule has 3 atom stereocenters. The molecule has 1 aliphatic heterocycles. The summed E-state index contributed by atoms with van der Waals surface area (Å²) in [4.78, 5) is 23.2. The molecule has 0 saturated carbocycles. The molecule has 0 aromatic heterocycles. The lowest BCUT2D eigenvalue weighted by Gasteiger charge is -2.35. The number of aliphatic hydroxyl groups is 1. The van der Waals surface area contributed by atoms with Gasteiger partial charge in [0.1, 0.15) is 6.61 Å². The van der Waals surface area contributed by atoms with Crippen molar-refractivity contribution in [2.24, 2.45) is 5.92 Å². The highest BCUT2D eigenvalue weighted by Crippen LogP contribution is 2.29. The summed E-state index contributed by atoms with van der Waals surface area (Å²) in [5, 5.41) is 10.1. The van der Waals surface area contributed by atoms with Gasteiger partial charge >= 0.3 is 5.97 Å². The van der Waals surface area contributed by atoms with Gasteiger partial charge in [-0.2, -0.15) is 0 Å². The third kappa shape index (κ3) is 3.28. The Bertz CT molecular complexity index is 323. The van der Waals surface area contributed by atoms with Gasteiger partial charge in [-0.3, -0.25) is 4.79 Å². The van der Waals surface area contributed by atoms with Crippen LogP contribution < -0.4 is 0 Å². The molecule has 1 heterocycles. The number of rotatable bonds is 4. The Kier molecular flexibility index (Phi) is 4.84. The summed E-state index contributed by atoms with van der Waals surface area (Å²) in [6.45, 7) is 4.79. The quantitative estimate of drug-likeness (QED) is 0.730. The van der Waals surface area contributed by atoms with Crippen molar-refractivity contribution < 1.29 is 28.9 Å². The minimum absolute atomic E-state index is 0.0630. The summed E-state index contributed by atoms with van der Waals surface area (Å²) in [5.74, 6) is -2.03. The van der Waals surface area contributed by atoms with Gasteiger partial charge in [0.25, 0.3) is 0 Å². The molecule has 1 rings (SSSR count). The van der Waals surface area contributed by atoms with Crippen LogP contribution in [-0.2, 0) is 23.8 Å². The monoisotopic (exact) mass is 260 g/mol. The molecule has 3 unspecified atom stereocenters. The number of esters is 1. The van der Waals surface area contributed by atoms with Crippen molar-refractivity contribution in [1.82, 2.24) is 0 Å². The number of carbonyl (C=O) groups excluding carboxylic acids is 2. The first kappa shape index (κ1) is 15.1. The molecule has 104 valence electrons. The van der Waals surface area contributed by atoms with E-state index in [9.17, 15) is 14.7 Å². The minimum atomic E-state index is -1.85. The van der Waals surface area contributed by atoms with Gasteiger partial charge in [-0.1, -0.05) is 0 Å². The van der Waals surface area contributed by atoms with E-state index in [2.05, 4.69) is 4.74 Å². The maximum atomic E-state index is 11.7. The maximum absolute atomic E-state index is 11.7. The van der Waals surface area contributed by atoms with E-state index in [4.69, 9.17) is 9.47 Å². The van der Waals surface area contributed by atoms with Crippen molar-refractivity contribution in [3.05, 3.63) is 0 Å². The number of ketones is 1. The van der Waals surface area contributed by atoms with Crippen LogP contribution in [0.5, 0.6) is 0 Å². The number of carbonyl (C=O) groups is 2. The predicted octanol–water partition coefficient (Wildman–Crippen LogP) is 0.267. The van der Waals surface area contributed by atoms with Gasteiger partial charge in [-0.25, -0.2) is 4.79 Å². The lowest BCUT2D eigenvalue weighted by Crippen LogP contribution is -2.52. The van der Waals surface area contributed by atoms with Crippen LogP contribution in [0.25, 0.3) is 0 Å². The summed E-state index contributed by atoms with van der Waals surface area (Å²) < 4.78 is 15.2. The number of methoxy groups -OCH3 is 1. The smallest absolute Gasteiger partial charge is 0.338 e. The number of hydrogen-bond donors (Lipinski definition) is 1. The van der Waals surface area contributed by atoms with Crippen LogP contribution in [0.4, 0.5) is 0 Å². The lowest BCUT2D eigenvalue weighted by atomic mass is 9.82. The van der Waals surface area contributed by atoms with Crippen molar-refractivity contribution in [3.63, 3.8) is 0 Å². The van der Waals surface area contributed by atoms with E-state index in [0.717, 1.165) is 0 Å². The second-order valence-electron chi connectivity index (χ2n) is 4.82. The van der Waals surface area contributed by atoms with Crippen LogP contribution in [0.15, 0.2) is 0 Å². The Labute approximate surface area is 106 Å². The van der Waals surface area contributed by atoms with Crippen LogP contribution in [0.2, 0.25) is 0 Å². The van der Waals surface area contributed by atoms with E-state index < -0.39 is 23.8 Å². The minimum Gasteiger partial charge on any atom is -0.467 e. The zero-order valence-electron chi connectivity index (χ0n) is 11.1. The molecule has 0 spiro atoms. The fourth-order valence-corrected chi connectivity index (χ4v) is 1.96. The van der Waals surface area contributed by atoms with E-state index in [1.807, 2.05) is 13.8 Å². The molecule has 0 radical (unpaired) electrons. The predicted molar refractivity (Wildman–Crippen MR) is 61.7 cm³/mol. The summed E-state index contributed by atoms with van der Waals surface area (Å²) in [5.41, 5.74) is -1.85. The fourth-order valence-electron chi connectivity index (χ4n) is 1.96. The van der Waals surface area contributed by atoms with Crippen LogP contribution in [0.1, 0.15) is 27.2 Å². The summed E-state index contributed by atoms with van der Waals surface area (Å²) in [6.07, 6.45) is -0.519. The third-order valence-corrected chi connectivity index (χ3v) is 2.93. The summed E-state index contributed by atoms with van der Waals surface area (Å²) in [7, 11) is 1.17. The first-order valence-electron chi connectivity index (χ1n) is 5.89. The van der Waals surface area contributed by atoms with Gasteiger partial charge in [0.05, 0.1) is 19.1 Å². The van der Waals surface area contributed by atoms with Crippen molar-refractivity contribution in [2.75, 3.05) is 13.7 Å². The molecule has 0 bridgehead atoms. The molecule has 0 amide bonds. The van der Waals surface area contributed by atoms with Gasteiger partial charge in [-0.15, -0.1) is 0 Å². The Morgan fingerprint density at radius 1 is 1.56 bits per heavy atom. The highest BCUT2D eigenvalue weighted by molar-refractivity contribution is 5.91. The van der Waals surface area contributed by atoms with E-state index in [1.165, 1.54) is 14.0 Å². The first-order valence-corrected chi connectivity index (χ1v) is 5.89. The molecular formula is C12H20O6. The highest BCUT2D eigenvalue weighted by Gasteiger charge is 2.48. The topological polar surface area (TPSA) is 82.1 Å². The normalized spacial score (nSPS) is 28.0. The largest absolute Gasteiger partial charge is 0.467 e. The van der Waals surface area contributed by atoms with Crippen LogP contribution in [-0.4, -0.2) is 48.6 Å². The SMILES string of the molecule is COC(=O)C(C)(O)C1CC(OC(C)C)OCC1=O. The van der Waals surface area contributed by atoms with Crippen molar-refractivity contribution in [2.45, 2.75) is 45.2 Å².